The van der Waals surface area contributed by atoms with E-state index in [2.05, 4.69) is 19.9 Å². The van der Waals surface area contributed by atoms with Gasteiger partial charge in [0, 0.05) is 50.0 Å². The molecule has 9 nitrogen and oxygen atoms in total. The third-order valence-electron chi connectivity index (χ3n) is 7.28. The summed E-state index contributed by atoms with van der Waals surface area (Å²) in [4.78, 5) is 18.4. The van der Waals surface area contributed by atoms with E-state index >= 15 is 0 Å². The molecule has 1 saturated heterocycles. The van der Waals surface area contributed by atoms with Gasteiger partial charge in [0.25, 0.3) is 0 Å². The predicted molar refractivity (Wildman–Crippen MR) is 139 cm³/mol. The Morgan fingerprint density at radius 2 is 1.71 bits per heavy atom. The SMILES string of the molecule is CC(C)(O)[C@](C)(O)c1cc2nc(N3CCN(Cc4ccccc4F)CC3)c(-c3cnn(CF)c3)nc2cn1. The van der Waals surface area contributed by atoms with Crippen molar-refractivity contribution in [2.24, 2.45) is 0 Å². The molecule has 1 aromatic carbocycles. The summed E-state index contributed by atoms with van der Waals surface area (Å²) in [5.74, 6) is 0.385. The van der Waals surface area contributed by atoms with E-state index in [4.69, 9.17) is 9.97 Å². The molecule has 200 valence electrons. The lowest BCUT2D eigenvalue weighted by molar-refractivity contribution is -0.127. The molecule has 38 heavy (non-hydrogen) atoms. The Morgan fingerprint density at radius 1 is 0.974 bits per heavy atom. The van der Waals surface area contributed by atoms with Crippen molar-refractivity contribution >= 4 is 16.9 Å². The number of rotatable bonds is 7. The van der Waals surface area contributed by atoms with Gasteiger partial charge in [0.1, 0.15) is 22.6 Å². The summed E-state index contributed by atoms with van der Waals surface area (Å²) in [6.07, 6.45) is 4.64. The number of fused-ring (bicyclic) bond motifs is 1. The van der Waals surface area contributed by atoms with E-state index in [0.717, 1.165) is 0 Å². The number of hydrogen-bond acceptors (Lipinski definition) is 8. The summed E-state index contributed by atoms with van der Waals surface area (Å²) in [7, 11) is 0. The average Bonchev–Trinajstić information content (AvgIpc) is 3.38. The molecule has 3 aromatic heterocycles. The van der Waals surface area contributed by atoms with E-state index in [-0.39, 0.29) is 11.5 Å². The largest absolute Gasteiger partial charge is 0.387 e. The first-order valence-corrected chi connectivity index (χ1v) is 12.5. The third-order valence-corrected chi connectivity index (χ3v) is 7.28. The van der Waals surface area contributed by atoms with Crippen LogP contribution in [0.15, 0.2) is 48.9 Å². The van der Waals surface area contributed by atoms with Gasteiger partial charge in [0.15, 0.2) is 12.6 Å². The Bertz CT molecular complexity index is 1440. The number of benzene rings is 1. The molecule has 0 aliphatic carbocycles. The van der Waals surface area contributed by atoms with Gasteiger partial charge in [0.2, 0.25) is 0 Å². The summed E-state index contributed by atoms with van der Waals surface area (Å²) in [6, 6.07) is 8.42. The molecule has 1 fully saturated rings. The fourth-order valence-electron chi connectivity index (χ4n) is 4.48. The fraction of sp³-hybridized carbons (Fsp3) is 0.407. The van der Waals surface area contributed by atoms with Gasteiger partial charge in [-0.3, -0.25) is 9.88 Å². The lowest BCUT2D eigenvalue weighted by atomic mass is 9.84. The molecular formula is C27H31F2N7O2. The van der Waals surface area contributed by atoms with Crippen LogP contribution in [0.5, 0.6) is 0 Å². The molecule has 0 radical (unpaired) electrons. The number of piperazine rings is 1. The average molecular weight is 524 g/mol. The van der Waals surface area contributed by atoms with E-state index in [9.17, 15) is 19.0 Å². The fourth-order valence-corrected chi connectivity index (χ4v) is 4.48. The van der Waals surface area contributed by atoms with Crippen molar-refractivity contribution in [3.05, 3.63) is 66.0 Å². The molecule has 4 heterocycles. The van der Waals surface area contributed by atoms with Crippen LogP contribution in [0.4, 0.5) is 14.6 Å². The third kappa shape index (κ3) is 4.96. The smallest absolute Gasteiger partial charge is 0.181 e. The zero-order valence-electron chi connectivity index (χ0n) is 21.6. The van der Waals surface area contributed by atoms with Gasteiger partial charge < -0.3 is 15.1 Å². The molecule has 0 bridgehead atoms. The maximum Gasteiger partial charge on any atom is 0.181 e. The second-order valence-electron chi connectivity index (χ2n) is 10.3. The van der Waals surface area contributed by atoms with Crippen LogP contribution in [0.1, 0.15) is 32.0 Å². The van der Waals surface area contributed by atoms with Crippen LogP contribution in [0.3, 0.4) is 0 Å². The number of aliphatic hydroxyl groups is 2. The molecule has 4 aromatic rings. The van der Waals surface area contributed by atoms with Crippen LogP contribution < -0.4 is 4.90 Å². The van der Waals surface area contributed by atoms with Crippen LogP contribution >= 0.6 is 0 Å². The van der Waals surface area contributed by atoms with Crippen molar-refractivity contribution in [2.75, 3.05) is 31.1 Å². The Labute approximate surface area is 219 Å². The molecule has 1 atom stereocenters. The highest BCUT2D eigenvalue weighted by Gasteiger charge is 2.40. The van der Waals surface area contributed by atoms with E-state index in [1.807, 2.05) is 6.07 Å². The van der Waals surface area contributed by atoms with Gasteiger partial charge >= 0.3 is 0 Å². The minimum absolute atomic E-state index is 0.214. The minimum atomic E-state index is -1.62. The van der Waals surface area contributed by atoms with Crippen LogP contribution in [0.2, 0.25) is 0 Å². The second-order valence-corrected chi connectivity index (χ2v) is 10.3. The van der Waals surface area contributed by atoms with Crippen molar-refractivity contribution in [3.8, 4) is 11.3 Å². The van der Waals surface area contributed by atoms with Crippen LogP contribution in [0, 0.1) is 5.82 Å². The predicted octanol–water partition coefficient (Wildman–Crippen LogP) is 3.26. The van der Waals surface area contributed by atoms with Gasteiger partial charge in [-0.1, -0.05) is 18.2 Å². The maximum absolute atomic E-state index is 14.2. The summed E-state index contributed by atoms with van der Waals surface area (Å²) in [5.41, 5.74) is 0.0176. The first kappa shape index (κ1) is 26.1. The Hall–Kier alpha value is -3.54. The zero-order valence-corrected chi connectivity index (χ0v) is 21.6. The highest BCUT2D eigenvalue weighted by Crippen LogP contribution is 2.34. The number of alkyl halides is 1. The van der Waals surface area contributed by atoms with E-state index in [1.165, 1.54) is 37.7 Å². The topological polar surface area (TPSA) is 103 Å². The Kier molecular flexibility index (Phi) is 6.84. The van der Waals surface area contributed by atoms with Crippen molar-refractivity contribution in [1.82, 2.24) is 29.6 Å². The first-order valence-electron chi connectivity index (χ1n) is 12.5. The number of aromatic nitrogens is 5. The van der Waals surface area contributed by atoms with Crippen LogP contribution in [0.25, 0.3) is 22.3 Å². The summed E-state index contributed by atoms with van der Waals surface area (Å²) < 4.78 is 28.6. The van der Waals surface area contributed by atoms with Gasteiger partial charge in [-0.2, -0.15) is 5.10 Å². The minimum Gasteiger partial charge on any atom is -0.387 e. The molecule has 11 heteroatoms. The number of halogens is 2. The van der Waals surface area contributed by atoms with Crippen molar-refractivity contribution in [1.29, 1.82) is 0 Å². The van der Waals surface area contributed by atoms with Crippen molar-refractivity contribution < 1.29 is 19.0 Å². The molecule has 2 N–H and O–H groups in total. The van der Waals surface area contributed by atoms with Crippen molar-refractivity contribution in [2.45, 2.75) is 45.3 Å². The summed E-state index contributed by atoms with van der Waals surface area (Å²) in [6.45, 7) is 6.91. The van der Waals surface area contributed by atoms with E-state index < -0.39 is 18.0 Å². The van der Waals surface area contributed by atoms with Crippen LogP contribution in [-0.4, -0.2) is 71.6 Å². The molecule has 1 aliphatic heterocycles. The monoisotopic (exact) mass is 523 g/mol. The first-order chi connectivity index (χ1) is 18.1. The van der Waals surface area contributed by atoms with Gasteiger partial charge in [0.05, 0.1) is 29.2 Å². The normalized spacial score (nSPS) is 16.7. The molecular weight excluding hydrogens is 492 g/mol. The Morgan fingerprint density at radius 3 is 2.37 bits per heavy atom. The number of anilines is 1. The molecule has 0 spiro atoms. The molecule has 0 saturated carbocycles. The molecule has 0 amide bonds. The van der Waals surface area contributed by atoms with Gasteiger partial charge in [-0.25, -0.2) is 23.4 Å². The number of nitrogens with zero attached hydrogens (tertiary/aromatic N) is 7. The summed E-state index contributed by atoms with van der Waals surface area (Å²) >= 11 is 0. The zero-order chi connectivity index (χ0) is 27.1. The number of pyridine rings is 1. The van der Waals surface area contributed by atoms with Gasteiger partial charge in [-0.05, 0) is 32.9 Å². The quantitative estimate of drug-likeness (QED) is 0.381. The maximum atomic E-state index is 14.2. The van der Waals surface area contributed by atoms with Gasteiger partial charge in [-0.15, -0.1) is 0 Å². The van der Waals surface area contributed by atoms with Crippen molar-refractivity contribution in [3.63, 3.8) is 0 Å². The lowest BCUT2D eigenvalue weighted by Gasteiger charge is -2.36. The molecule has 1 aliphatic rings. The molecule has 0 unspecified atom stereocenters. The standard InChI is InChI=1S/C27H31F2N7O2/c1-26(2,37)27(3,38)23-12-21-22(14-30-23)32-24(19-13-31-36(16-19)17-28)25(33-21)35-10-8-34(9-11-35)15-18-6-4-5-7-20(18)29/h4-7,12-14,16,37-38H,8-11,15,17H2,1-3H3/t27-/m1/s1. The highest BCUT2D eigenvalue weighted by atomic mass is 19.1. The summed E-state index contributed by atoms with van der Waals surface area (Å²) in [5, 5.41) is 25.5. The van der Waals surface area contributed by atoms with Crippen LogP contribution in [-0.2, 0) is 18.9 Å². The van der Waals surface area contributed by atoms with E-state index in [0.29, 0.717) is 66.4 Å². The second kappa shape index (κ2) is 9.97. The molecule has 5 rings (SSSR count). The van der Waals surface area contributed by atoms with E-state index in [1.54, 1.807) is 30.6 Å². The Balaban J connectivity index is 1.49. The lowest BCUT2D eigenvalue weighted by Crippen LogP contribution is -2.46. The number of hydrogen-bond donors (Lipinski definition) is 2. The highest BCUT2D eigenvalue weighted by molar-refractivity contribution is 5.83.